The van der Waals surface area contributed by atoms with Crippen molar-refractivity contribution in [1.82, 2.24) is 14.7 Å². The van der Waals surface area contributed by atoms with Crippen molar-refractivity contribution in [2.75, 3.05) is 45.8 Å². The van der Waals surface area contributed by atoms with Crippen molar-refractivity contribution in [1.29, 1.82) is 0 Å². The van der Waals surface area contributed by atoms with Gasteiger partial charge in [-0.1, -0.05) is 12.5 Å². The summed E-state index contributed by atoms with van der Waals surface area (Å²) < 4.78 is 0. The predicted octanol–water partition coefficient (Wildman–Crippen LogP) is 2.44. The fraction of sp³-hybridized carbons (Fsp3) is 0.882. The van der Waals surface area contributed by atoms with E-state index in [9.17, 15) is 0 Å². The molecule has 0 radical (unpaired) electrons. The van der Waals surface area contributed by atoms with Crippen LogP contribution in [-0.2, 0) is 0 Å². The molecule has 3 nitrogen and oxygen atoms in total. The highest BCUT2D eigenvalue weighted by molar-refractivity contribution is 4.90. The van der Waals surface area contributed by atoms with Gasteiger partial charge in [-0.05, 0) is 52.7 Å². The lowest BCUT2D eigenvalue weighted by Crippen LogP contribution is -2.49. The molecule has 2 aliphatic rings. The van der Waals surface area contributed by atoms with E-state index in [1.807, 2.05) is 0 Å². The molecule has 0 spiro atoms. The molecular weight excluding hydrogens is 246 g/mol. The van der Waals surface area contributed by atoms with Gasteiger partial charge >= 0.3 is 0 Å². The topological polar surface area (TPSA) is 9.72 Å². The summed E-state index contributed by atoms with van der Waals surface area (Å²) in [4.78, 5) is 7.88. The highest BCUT2D eigenvalue weighted by Gasteiger charge is 2.21. The summed E-state index contributed by atoms with van der Waals surface area (Å²) in [5.41, 5.74) is 0. The molecule has 0 N–H and O–H groups in total. The summed E-state index contributed by atoms with van der Waals surface area (Å²) in [6.07, 6.45) is 7.53. The second kappa shape index (κ2) is 8.16. The first-order valence-electron chi connectivity index (χ1n) is 8.53. The highest BCUT2D eigenvalue weighted by Crippen LogP contribution is 2.18. The molecule has 0 aromatic heterocycles. The molecule has 116 valence electrons. The van der Waals surface area contributed by atoms with Crippen LogP contribution in [0.25, 0.3) is 0 Å². The summed E-state index contributed by atoms with van der Waals surface area (Å²) in [6.45, 7) is 17.4. The zero-order valence-electron chi connectivity index (χ0n) is 13.6. The molecule has 3 heteroatoms. The lowest BCUT2D eigenvalue weighted by Gasteiger charge is -2.38. The average Bonchev–Trinajstić information content (AvgIpc) is 2.48. The number of likely N-dealkylation sites (tertiary alicyclic amines) is 1. The SMILES string of the molecule is C=CC1CCCCN1CCCN1CCN(C(C)C)CC1. The van der Waals surface area contributed by atoms with E-state index in [2.05, 4.69) is 41.2 Å². The second-order valence-electron chi connectivity index (χ2n) is 6.66. The van der Waals surface area contributed by atoms with E-state index >= 15 is 0 Å². The Bertz CT molecular complexity index is 282. The van der Waals surface area contributed by atoms with Gasteiger partial charge in [-0.15, -0.1) is 6.58 Å². The number of hydrogen-bond acceptors (Lipinski definition) is 3. The van der Waals surface area contributed by atoms with E-state index in [1.165, 1.54) is 71.5 Å². The maximum atomic E-state index is 4.00. The first kappa shape index (κ1) is 16.0. The van der Waals surface area contributed by atoms with Gasteiger partial charge in [0.25, 0.3) is 0 Å². The third-order valence-corrected chi connectivity index (χ3v) is 4.99. The minimum atomic E-state index is 0.640. The van der Waals surface area contributed by atoms with Crippen LogP contribution in [0.2, 0.25) is 0 Å². The van der Waals surface area contributed by atoms with Crippen LogP contribution in [-0.4, -0.2) is 72.6 Å². The van der Waals surface area contributed by atoms with Crippen LogP contribution in [0, 0.1) is 0 Å². The van der Waals surface area contributed by atoms with E-state index in [0.717, 1.165) is 0 Å². The van der Waals surface area contributed by atoms with Crippen molar-refractivity contribution in [3.63, 3.8) is 0 Å². The molecule has 0 aromatic rings. The van der Waals surface area contributed by atoms with Crippen molar-refractivity contribution >= 4 is 0 Å². The third-order valence-electron chi connectivity index (χ3n) is 4.99. The van der Waals surface area contributed by atoms with Crippen LogP contribution in [0.3, 0.4) is 0 Å². The smallest absolute Gasteiger partial charge is 0.0275 e. The van der Waals surface area contributed by atoms with Gasteiger partial charge < -0.3 is 4.90 Å². The zero-order valence-corrected chi connectivity index (χ0v) is 13.6. The molecule has 0 saturated carbocycles. The summed E-state index contributed by atoms with van der Waals surface area (Å²) in [6, 6.07) is 1.35. The Labute approximate surface area is 125 Å². The maximum absolute atomic E-state index is 4.00. The van der Waals surface area contributed by atoms with Crippen LogP contribution >= 0.6 is 0 Å². The predicted molar refractivity (Wildman–Crippen MR) is 87.2 cm³/mol. The van der Waals surface area contributed by atoms with Crippen molar-refractivity contribution in [2.45, 2.75) is 51.6 Å². The molecule has 0 amide bonds. The minimum Gasteiger partial charge on any atom is -0.301 e. The first-order chi connectivity index (χ1) is 9.70. The van der Waals surface area contributed by atoms with E-state index in [-0.39, 0.29) is 0 Å². The number of hydrogen-bond donors (Lipinski definition) is 0. The van der Waals surface area contributed by atoms with Crippen LogP contribution < -0.4 is 0 Å². The molecular formula is C17H33N3. The molecule has 1 unspecified atom stereocenters. The van der Waals surface area contributed by atoms with Crippen LogP contribution in [0.1, 0.15) is 39.5 Å². The van der Waals surface area contributed by atoms with E-state index < -0.39 is 0 Å². The zero-order chi connectivity index (χ0) is 14.4. The van der Waals surface area contributed by atoms with Crippen LogP contribution in [0.15, 0.2) is 12.7 Å². The van der Waals surface area contributed by atoms with Crippen molar-refractivity contribution in [3.05, 3.63) is 12.7 Å². The van der Waals surface area contributed by atoms with Gasteiger partial charge in [0.05, 0.1) is 0 Å². The Balaban J connectivity index is 1.62. The number of rotatable bonds is 6. The summed E-state index contributed by atoms with van der Waals surface area (Å²) in [5, 5.41) is 0. The third kappa shape index (κ3) is 4.57. The Morgan fingerprint density at radius 3 is 2.45 bits per heavy atom. The Hall–Kier alpha value is -0.380. The number of nitrogens with zero attached hydrogens (tertiary/aromatic N) is 3. The molecule has 0 bridgehead atoms. The molecule has 0 aliphatic carbocycles. The molecule has 2 rings (SSSR count). The molecule has 2 heterocycles. The lowest BCUT2D eigenvalue weighted by molar-refractivity contribution is 0.101. The largest absolute Gasteiger partial charge is 0.301 e. The molecule has 2 aliphatic heterocycles. The normalized spacial score (nSPS) is 27.1. The van der Waals surface area contributed by atoms with Gasteiger partial charge in [0.15, 0.2) is 0 Å². The first-order valence-corrected chi connectivity index (χ1v) is 8.53. The van der Waals surface area contributed by atoms with Gasteiger partial charge in [-0.25, -0.2) is 0 Å². The molecule has 20 heavy (non-hydrogen) atoms. The van der Waals surface area contributed by atoms with Crippen molar-refractivity contribution < 1.29 is 0 Å². The van der Waals surface area contributed by atoms with E-state index in [1.54, 1.807) is 0 Å². The Kier molecular flexibility index (Phi) is 6.53. The van der Waals surface area contributed by atoms with Gasteiger partial charge in [-0.2, -0.15) is 0 Å². The van der Waals surface area contributed by atoms with E-state index in [0.29, 0.717) is 12.1 Å². The average molecular weight is 279 g/mol. The summed E-state index contributed by atoms with van der Waals surface area (Å²) in [5.74, 6) is 0. The van der Waals surface area contributed by atoms with Gasteiger partial charge in [0.2, 0.25) is 0 Å². The Morgan fingerprint density at radius 2 is 1.80 bits per heavy atom. The molecule has 2 fully saturated rings. The fourth-order valence-electron chi connectivity index (χ4n) is 3.56. The fourth-order valence-corrected chi connectivity index (χ4v) is 3.56. The van der Waals surface area contributed by atoms with Crippen molar-refractivity contribution in [3.8, 4) is 0 Å². The number of piperidine rings is 1. The van der Waals surface area contributed by atoms with Gasteiger partial charge in [0.1, 0.15) is 0 Å². The standard InChI is InChI=1S/C17H33N3/c1-4-17-8-5-6-10-20(17)11-7-9-18-12-14-19(15-13-18)16(2)3/h4,16-17H,1,5-15H2,2-3H3. The summed E-state index contributed by atoms with van der Waals surface area (Å²) in [7, 11) is 0. The van der Waals surface area contributed by atoms with Gasteiger partial charge in [0, 0.05) is 38.3 Å². The van der Waals surface area contributed by atoms with Crippen molar-refractivity contribution in [2.24, 2.45) is 0 Å². The maximum Gasteiger partial charge on any atom is 0.0275 e. The molecule has 1 atom stereocenters. The van der Waals surface area contributed by atoms with Crippen LogP contribution in [0.4, 0.5) is 0 Å². The van der Waals surface area contributed by atoms with Gasteiger partial charge in [-0.3, -0.25) is 9.80 Å². The minimum absolute atomic E-state index is 0.640. The Morgan fingerprint density at radius 1 is 1.05 bits per heavy atom. The molecule has 2 saturated heterocycles. The highest BCUT2D eigenvalue weighted by atomic mass is 15.3. The summed E-state index contributed by atoms with van der Waals surface area (Å²) >= 11 is 0. The quantitative estimate of drug-likeness (QED) is 0.692. The lowest BCUT2D eigenvalue weighted by atomic mass is 10.0. The van der Waals surface area contributed by atoms with E-state index in [4.69, 9.17) is 0 Å². The number of piperazine rings is 1. The molecule has 0 aromatic carbocycles. The second-order valence-corrected chi connectivity index (χ2v) is 6.66. The monoisotopic (exact) mass is 279 g/mol. The van der Waals surface area contributed by atoms with Crippen LogP contribution in [0.5, 0.6) is 0 Å².